The number of hydrogen-bond acceptors (Lipinski definition) is 6. The Balaban J connectivity index is 2.12. The summed E-state index contributed by atoms with van der Waals surface area (Å²) in [6, 6.07) is 2.40. The fraction of sp³-hybridized carbons (Fsp3) is 0.714. The average Bonchev–Trinajstić information content (AvgIpc) is 2.43. The van der Waals surface area contributed by atoms with Crippen molar-refractivity contribution >= 4 is 5.82 Å². The van der Waals surface area contributed by atoms with Gasteiger partial charge in [0.25, 0.3) is 0 Å². The Hall–Kier alpha value is -1.24. The minimum Gasteiger partial charge on any atom is -0.378 e. The minimum absolute atomic E-state index is 0.469. The first-order valence-electron chi connectivity index (χ1n) is 7.04. The molecule has 0 aliphatic carbocycles. The van der Waals surface area contributed by atoms with Crippen LogP contribution >= 0.6 is 0 Å². The Labute approximate surface area is 121 Å². The summed E-state index contributed by atoms with van der Waals surface area (Å²) in [5.74, 6) is 1.74. The second-order valence-electron chi connectivity index (χ2n) is 5.44. The number of nitrogens with zero attached hydrogens (tertiary/aromatic N) is 4. The third kappa shape index (κ3) is 3.88. The Kier molecular flexibility index (Phi) is 5.28. The van der Waals surface area contributed by atoms with Crippen molar-refractivity contribution in [2.75, 3.05) is 53.2 Å². The standard InChI is InChI=1S/C14H25N5O/c1-15-13-7-11(10-20-4)16-14(17-13)8-12-9-18(2)5-6-19(12)3/h7,12H,5-6,8-10H2,1-4H3,(H,15,16,17). The molecule has 1 aliphatic heterocycles. The van der Waals surface area contributed by atoms with Gasteiger partial charge in [-0.05, 0) is 14.1 Å². The highest BCUT2D eigenvalue weighted by molar-refractivity contribution is 5.35. The van der Waals surface area contributed by atoms with E-state index in [-0.39, 0.29) is 0 Å². The number of anilines is 1. The quantitative estimate of drug-likeness (QED) is 0.845. The Morgan fingerprint density at radius 3 is 2.85 bits per heavy atom. The molecule has 1 saturated heterocycles. The van der Waals surface area contributed by atoms with Gasteiger partial charge in [-0.15, -0.1) is 0 Å². The predicted molar refractivity (Wildman–Crippen MR) is 79.9 cm³/mol. The van der Waals surface area contributed by atoms with Gasteiger partial charge in [-0.2, -0.15) is 0 Å². The average molecular weight is 279 g/mol. The molecule has 0 aromatic carbocycles. The van der Waals surface area contributed by atoms with E-state index in [0.29, 0.717) is 12.6 Å². The number of piperazine rings is 1. The monoisotopic (exact) mass is 279 g/mol. The summed E-state index contributed by atoms with van der Waals surface area (Å²) in [6.07, 6.45) is 0.868. The summed E-state index contributed by atoms with van der Waals surface area (Å²) >= 11 is 0. The fourth-order valence-electron chi connectivity index (χ4n) is 2.53. The zero-order valence-electron chi connectivity index (χ0n) is 12.9. The third-order valence-electron chi connectivity index (χ3n) is 3.77. The molecular formula is C14H25N5O. The summed E-state index contributed by atoms with van der Waals surface area (Å²) in [7, 11) is 7.91. The molecule has 1 aliphatic rings. The van der Waals surface area contributed by atoms with E-state index in [2.05, 4.69) is 39.2 Å². The van der Waals surface area contributed by atoms with Crippen LogP contribution in [-0.2, 0) is 17.8 Å². The maximum Gasteiger partial charge on any atom is 0.132 e. The second-order valence-corrected chi connectivity index (χ2v) is 5.44. The van der Waals surface area contributed by atoms with Crippen LogP contribution in [0.15, 0.2) is 6.07 Å². The van der Waals surface area contributed by atoms with Crippen LogP contribution in [0.3, 0.4) is 0 Å². The van der Waals surface area contributed by atoms with E-state index in [9.17, 15) is 0 Å². The summed E-state index contributed by atoms with van der Waals surface area (Å²) < 4.78 is 5.17. The van der Waals surface area contributed by atoms with Crippen LogP contribution in [-0.4, -0.2) is 73.7 Å². The molecule has 6 nitrogen and oxygen atoms in total. The van der Waals surface area contributed by atoms with E-state index in [1.807, 2.05) is 13.1 Å². The summed E-state index contributed by atoms with van der Waals surface area (Å²) in [5.41, 5.74) is 0.925. The molecule has 112 valence electrons. The number of likely N-dealkylation sites (N-methyl/N-ethyl adjacent to an activating group) is 2. The lowest BCUT2D eigenvalue weighted by molar-refractivity contribution is 0.113. The molecule has 0 amide bonds. The highest BCUT2D eigenvalue weighted by Gasteiger charge is 2.23. The first kappa shape index (κ1) is 15.2. The zero-order valence-corrected chi connectivity index (χ0v) is 12.9. The van der Waals surface area contributed by atoms with Gasteiger partial charge in [0.15, 0.2) is 0 Å². The van der Waals surface area contributed by atoms with E-state index >= 15 is 0 Å². The maximum absolute atomic E-state index is 5.17. The number of hydrogen-bond donors (Lipinski definition) is 1. The molecule has 6 heteroatoms. The van der Waals surface area contributed by atoms with Crippen LogP contribution in [0.5, 0.6) is 0 Å². The van der Waals surface area contributed by atoms with Crippen LogP contribution in [0.1, 0.15) is 11.5 Å². The maximum atomic E-state index is 5.17. The van der Waals surface area contributed by atoms with E-state index in [1.165, 1.54) is 0 Å². The summed E-state index contributed by atoms with van der Waals surface area (Å²) in [5, 5.41) is 3.09. The van der Waals surface area contributed by atoms with Gasteiger partial charge in [0.1, 0.15) is 11.6 Å². The van der Waals surface area contributed by atoms with Crippen molar-refractivity contribution in [3.05, 3.63) is 17.6 Å². The van der Waals surface area contributed by atoms with Crippen molar-refractivity contribution in [1.29, 1.82) is 0 Å². The molecular weight excluding hydrogens is 254 g/mol. The van der Waals surface area contributed by atoms with Gasteiger partial charge in [-0.3, -0.25) is 0 Å². The van der Waals surface area contributed by atoms with Crippen molar-refractivity contribution in [1.82, 2.24) is 19.8 Å². The van der Waals surface area contributed by atoms with Gasteiger partial charge < -0.3 is 19.9 Å². The molecule has 2 rings (SSSR count). The molecule has 20 heavy (non-hydrogen) atoms. The highest BCUT2D eigenvalue weighted by Crippen LogP contribution is 2.13. The molecule has 1 aromatic rings. The van der Waals surface area contributed by atoms with Gasteiger partial charge >= 0.3 is 0 Å². The van der Waals surface area contributed by atoms with Crippen LogP contribution in [0.2, 0.25) is 0 Å². The topological polar surface area (TPSA) is 53.5 Å². The first-order valence-corrected chi connectivity index (χ1v) is 7.04. The van der Waals surface area contributed by atoms with Gasteiger partial charge in [0, 0.05) is 52.3 Å². The van der Waals surface area contributed by atoms with E-state index in [1.54, 1.807) is 7.11 Å². The minimum atomic E-state index is 0.469. The molecule has 1 atom stereocenters. The lowest BCUT2D eigenvalue weighted by atomic mass is 10.1. The molecule has 2 heterocycles. The van der Waals surface area contributed by atoms with Crippen LogP contribution in [0.4, 0.5) is 5.82 Å². The largest absolute Gasteiger partial charge is 0.378 e. The number of rotatable bonds is 5. The van der Waals surface area contributed by atoms with Gasteiger partial charge in [0.2, 0.25) is 0 Å². The molecule has 1 aromatic heterocycles. The van der Waals surface area contributed by atoms with E-state index in [0.717, 1.165) is 43.4 Å². The molecule has 0 bridgehead atoms. The van der Waals surface area contributed by atoms with Crippen LogP contribution < -0.4 is 5.32 Å². The lowest BCUT2D eigenvalue weighted by Crippen LogP contribution is -2.51. The molecule has 0 saturated carbocycles. The lowest BCUT2D eigenvalue weighted by Gasteiger charge is -2.37. The summed E-state index contributed by atoms with van der Waals surface area (Å²) in [6.45, 7) is 3.80. The smallest absolute Gasteiger partial charge is 0.132 e. The van der Waals surface area contributed by atoms with Crippen molar-refractivity contribution in [3.63, 3.8) is 0 Å². The number of methoxy groups -OCH3 is 1. The zero-order chi connectivity index (χ0) is 14.5. The number of ether oxygens (including phenoxy) is 1. The van der Waals surface area contributed by atoms with Crippen molar-refractivity contribution in [2.24, 2.45) is 0 Å². The van der Waals surface area contributed by atoms with Crippen LogP contribution in [0, 0.1) is 0 Å². The first-order chi connectivity index (χ1) is 9.62. The second kappa shape index (κ2) is 6.97. The fourth-order valence-corrected chi connectivity index (χ4v) is 2.53. The van der Waals surface area contributed by atoms with Crippen LogP contribution in [0.25, 0.3) is 0 Å². The van der Waals surface area contributed by atoms with Gasteiger partial charge in [-0.25, -0.2) is 9.97 Å². The molecule has 1 fully saturated rings. The molecule has 0 spiro atoms. The van der Waals surface area contributed by atoms with E-state index < -0.39 is 0 Å². The molecule has 1 unspecified atom stereocenters. The molecule has 0 radical (unpaired) electrons. The van der Waals surface area contributed by atoms with E-state index in [4.69, 9.17) is 4.74 Å². The summed E-state index contributed by atoms with van der Waals surface area (Å²) in [4.78, 5) is 13.9. The van der Waals surface area contributed by atoms with Crippen molar-refractivity contribution in [3.8, 4) is 0 Å². The normalized spacial score (nSPS) is 21.1. The predicted octanol–water partition coefficient (Wildman–Crippen LogP) is 0.453. The third-order valence-corrected chi connectivity index (χ3v) is 3.77. The number of aromatic nitrogens is 2. The molecule has 1 N–H and O–H groups in total. The Bertz CT molecular complexity index is 440. The Morgan fingerprint density at radius 1 is 1.35 bits per heavy atom. The van der Waals surface area contributed by atoms with Crippen molar-refractivity contribution in [2.45, 2.75) is 19.1 Å². The van der Waals surface area contributed by atoms with Crippen molar-refractivity contribution < 1.29 is 4.74 Å². The highest BCUT2D eigenvalue weighted by atomic mass is 16.5. The van der Waals surface area contributed by atoms with Gasteiger partial charge in [0.05, 0.1) is 12.3 Å². The number of nitrogens with one attached hydrogen (secondary N) is 1. The Morgan fingerprint density at radius 2 is 2.15 bits per heavy atom. The van der Waals surface area contributed by atoms with Gasteiger partial charge in [-0.1, -0.05) is 0 Å². The SMILES string of the molecule is CNc1cc(COC)nc(CC2CN(C)CCN2C)n1.